The Kier molecular flexibility index (Phi) is 9.76. The Morgan fingerprint density at radius 3 is 2.30 bits per heavy atom. The van der Waals surface area contributed by atoms with E-state index >= 15 is 0 Å². The van der Waals surface area contributed by atoms with Crippen LogP contribution in [0.15, 0.2) is 48.5 Å². The summed E-state index contributed by atoms with van der Waals surface area (Å²) in [4.78, 5) is 76.7. The molecule has 13 nitrogen and oxygen atoms in total. The third-order valence-corrected chi connectivity index (χ3v) is 13.7. The van der Waals surface area contributed by atoms with E-state index in [0.717, 1.165) is 61.8 Å². The summed E-state index contributed by atoms with van der Waals surface area (Å²) in [5, 5.41) is 11.8. The van der Waals surface area contributed by atoms with E-state index in [9.17, 15) is 29.2 Å². The highest BCUT2D eigenvalue weighted by molar-refractivity contribution is 6.31. The van der Waals surface area contributed by atoms with E-state index in [1.54, 1.807) is 30.3 Å². The van der Waals surface area contributed by atoms with E-state index in [1.165, 1.54) is 0 Å². The molecule has 0 bridgehead atoms. The molecule has 1 aliphatic carbocycles. The molecular weight excluding hydrogens is 782 g/mol. The summed E-state index contributed by atoms with van der Waals surface area (Å²) < 4.78 is 6.46. The van der Waals surface area contributed by atoms with Crippen molar-refractivity contribution in [1.82, 2.24) is 25.0 Å². The van der Waals surface area contributed by atoms with Crippen molar-refractivity contribution in [2.75, 3.05) is 37.6 Å². The largest absolute Gasteiger partial charge is 0.489 e. The van der Waals surface area contributed by atoms with Crippen LogP contribution in [-0.2, 0) is 16.1 Å². The van der Waals surface area contributed by atoms with Crippen LogP contribution in [0.4, 0.5) is 5.69 Å². The lowest BCUT2D eigenvalue weighted by Crippen LogP contribution is -2.74. The van der Waals surface area contributed by atoms with Crippen LogP contribution in [0.3, 0.4) is 0 Å². The summed E-state index contributed by atoms with van der Waals surface area (Å²) in [6, 6.07) is 15.1. The molecule has 1 saturated carbocycles. The molecule has 3 saturated heterocycles. The maximum Gasteiger partial charge on any atom is 0.262 e. The molecule has 6 aliphatic rings. The predicted molar refractivity (Wildman–Crippen MR) is 221 cm³/mol. The van der Waals surface area contributed by atoms with Gasteiger partial charge in [-0.2, -0.15) is 5.26 Å². The number of ether oxygens (including phenoxy) is 1. The monoisotopic (exact) mass is 827 g/mol. The lowest BCUT2D eigenvalue weighted by molar-refractivity contribution is -0.199. The molecule has 5 aliphatic heterocycles. The van der Waals surface area contributed by atoms with Gasteiger partial charge in [0.1, 0.15) is 29.7 Å². The molecule has 1 aromatic heterocycles. The number of aromatic nitrogens is 1. The molecule has 0 radical (unpaired) electrons. The van der Waals surface area contributed by atoms with Crippen molar-refractivity contribution in [1.29, 1.82) is 5.26 Å². The summed E-state index contributed by atoms with van der Waals surface area (Å²) in [7, 11) is 0. The van der Waals surface area contributed by atoms with Gasteiger partial charge in [-0.1, -0.05) is 45.2 Å². The highest BCUT2D eigenvalue weighted by atomic mass is 35.5. The van der Waals surface area contributed by atoms with Gasteiger partial charge in [0.25, 0.3) is 17.7 Å². The summed E-state index contributed by atoms with van der Waals surface area (Å²) in [5.74, 6) is 6.10. The van der Waals surface area contributed by atoms with Gasteiger partial charge in [-0.3, -0.25) is 34.2 Å². The number of benzene rings is 2. The Bertz CT molecular complexity index is 2450. The molecule has 6 heterocycles. The second kappa shape index (κ2) is 14.8. The first-order valence-electron chi connectivity index (χ1n) is 20.7. The average molecular weight is 828 g/mol. The fraction of sp³-hybridized carbons (Fsp3) is 0.457. The maximum absolute atomic E-state index is 13.8. The molecule has 60 heavy (non-hydrogen) atoms. The highest BCUT2D eigenvalue weighted by Crippen LogP contribution is 2.59. The second-order valence-electron chi connectivity index (χ2n) is 18.2. The van der Waals surface area contributed by atoms with E-state index in [0.29, 0.717) is 45.6 Å². The zero-order valence-corrected chi connectivity index (χ0v) is 34.8. The minimum Gasteiger partial charge on any atom is -0.489 e. The summed E-state index contributed by atoms with van der Waals surface area (Å²) >= 11 is 6.29. The third-order valence-electron chi connectivity index (χ3n) is 13.4. The molecule has 4 fully saturated rings. The van der Waals surface area contributed by atoms with Crippen LogP contribution in [0.2, 0.25) is 5.02 Å². The van der Waals surface area contributed by atoms with Gasteiger partial charge in [0, 0.05) is 66.5 Å². The first-order chi connectivity index (χ1) is 28.6. The number of halogens is 1. The zero-order chi connectivity index (χ0) is 42.2. The maximum atomic E-state index is 13.8. The van der Waals surface area contributed by atoms with Crippen LogP contribution >= 0.6 is 11.6 Å². The quantitative estimate of drug-likeness (QED) is 0.253. The molecule has 2 aromatic carbocycles. The van der Waals surface area contributed by atoms with Crippen molar-refractivity contribution in [2.45, 2.75) is 78.1 Å². The zero-order valence-electron chi connectivity index (χ0n) is 34.1. The minimum absolute atomic E-state index is 0.0257. The van der Waals surface area contributed by atoms with E-state index in [2.05, 4.69) is 60.7 Å². The molecule has 1 N–H and O–H groups in total. The number of nitrogens with one attached hydrogen (secondary N) is 1. The molecule has 5 amide bonds. The third kappa shape index (κ3) is 6.68. The highest BCUT2D eigenvalue weighted by Gasteiger charge is 2.67. The molecule has 0 spiro atoms. The number of carbonyl (C=O) groups is 5. The number of carbonyl (C=O) groups excluding carboxylic acids is 5. The summed E-state index contributed by atoms with van der Waals surface area (Å²) in [6.45, 7) is 13.5. The smallest absolute Gasteiger partial charge is 0.262 e. The average Bonchev–Trinajstić information content (AvgIpc) is 3.64. The van der Waals surface area contributed by atoms with E-state index in [1.807, 2.05) is 23.1 Å². The fourth-order valence-corrected chi connectivity index (χ4v) is 11.1. The van der Waals surface area contributed by atoms with Gasteiger partial charge in [0.15, 0.2) is 0 Å². The standard InChI is InChI=1S/C46H46ClN7O6/c1-45(2)43(46(3,4)44(45)60-31-10-6-28(21-48)35(47)20-31)53-25-36-33(40(53)57)11-8-29(49-36)7-5-26-15-17-51(18-16-26)22-27-23-52(24-27)30-9-12-32-34(19-30)42(59)54(41(32)58)37-13-14-38(55)50-39(37)56/h6,8-12,19-20,26-27,37,43-44H,13-18,22-25H2,1-4H3,(H,50,55,56). The first-order valence-corrected chi connectivity index (χ1v) is 21.0. The lowest BCUT2D eigenvalue weighted by Gasteiger charge is -2.65. The number of rotatable bonds is 7. The van der Waals surface area contributed by atoms with Crippen molar-refractivity contribution in [2.24, 2.45) is 22.7 Å². The van der Waals surface area contributed by atoms with Gasteiger partial charge < -0.3 is 19.4 Å². The molecular formula is C46H46ClN7O6. The van der Waals surface area contributed by atoms with Crippen LogP contribution in [0.5, 0.6) is 5.75 Å². The molecule has 1 atom stereocenters. The Labute approximate surface area is 354 Å². The van der Waals surface area contributed by atoms with Crippen molar-refractivity contribution in [3.8, 4) is 23.7 Å². The molecule has 9 rings (SSSR count). The van der Waals surface area contributed by atoms with E-state index < -0.39 is 29.7 Å². The Morgan fingerprint density at radius 2 is 1.60 bits per heavy atom. The van der Waals surface area contributed by atoms with Crippen molar-refractivity contribution < 1.29 is 28.7 Å². The van der Waals surface area contributed by atoms with Crippen molar-refractivity contribution >= 4 is 46.8 Å². The molecule has 3 aromatic rings. The van der Waals surface area contributed by atoms with Gasteiger partial charge in [-0.05, 0) is 80.7 Å². The molecule has 1 unspecified atom stereocenters. The Hall–Kier alpha value is -5.76. The number of amides is 5. The van der Waals surface area contributed by atoms with Gasteiger partial charge in [-0.25, -0.2) is 4.98 Å². The number of nitriles is 1. The number of hydrogen-bond donors (Lipinski definition) is 1. The number of fused-ring (bicyclic) bond motifs is 2. The lowest BCUT2D eigenvalue weighted by atomic mass is 9.49. The number of hydrogen-bond acceptors (Lipinski definition) is 10. The van der Waals surface area contributed by atoms with Crippen molar-refractivity contribution in [3.05, 3.63) is 87.2 Å². The summed E-state index contributed by atoms with van der Waals surface area (Å²) in [5.41, 5.74) is 3.17. The predicted octanol–water partition coefficient (Wildman–Crippen LogP) is 5.05. The molecule has 308 valence electrons. The van der Waals surface area contributed by atoms with Crippen LogP contribution in [0.25, 0.3) is 0 Å². The molecule has 14 heteroatoms. The number of likely N-dealkylation sites (tertiary alicyclic amines) is 1. The topological polar surface area (TPSA) is 156 Å². The van der Waals surface area contributed by atoms with E-state index in [4.69, 9.17) is 21.3 Å². The van der Waals surface area contributed by atoms with Gasteiger partial charge in [0.2, 0.25) is 11.8 Å². The van der Waals surface area contributed by atoms with Crippen molar-refractivity contribution in [3.63, 3.8) is 0 Å². The number of pyridine rings is 1. The number of anilines is 1. The van der Waals surface area contributed by atoms with Gasteiger partial charge in [0.05, 0.1) is 39.5 Å². The SMILES string of the molecule is CC1(C)C(Oc2ccc(C#N)c(Cl)c2)C(C)(C)C1N1Cc2nc(C#CC3CCN(CC4CN(c5ccc6c(c5)C(=O)N(C5CCC(=O)NC5=O)C6=O)C4)CC3)ccc2C1=O. The van der Waals surface area contributed by atoms with Gasteiger partial charge >= 0.3 is 0 Å². The Morgan fingerprint density at radius 1 is 0.883 bits per heavy atom. The summed E-state index contributed by atoms with van der Waals surface area (Å²) in [6.07, 6.45) is 1.96. The number of nitrogens with zero attached hydrogens (tertiary/aromatic N) is 6. The normalized spacial score (nSPS) is 24.8. The van der Waals surface area contributed by atoms with Crippen LogP contribution in [0, 0.1) is 45.8 Å². The van der Waals surface area contributed by atoms with Crippen LogP contribution in [0.1, 0.15) is 101 Å². The minimum atomic E-state index is -0.976. The number of imide groups is 2. The number of piperidine rings is 2. The van der Waals surface area contributed by atoms with Crippen LogP contribution in [-0.4, -0.2) is 100 Å². The van der Waals surface area contributed by atoms with Gasteiger partial charge in [-0.15, -0.1) is 0 Å². The fourth-order valence-electron chi connectivity index (χ4n) is 10.8. The van der Waals surface area contributed by atoms with E-state index in [-0.39, 0.29) is 53.2 Å². The van der Waals surface area contributed by atoms with Crippen LogP contribution < -0.4 is 15.0 Å². The Balaban J connectivity index is 0.755. The second-order valence-corrected chi connectivity index (χ2v) is 18.6. The first kappa shape index (κ1) is 39.7.